The Morgan fingerprint density at radius 2 is 2.00 bits per heavy atom. The van der Waals surface area contributed by atoms with E-state index in [0.717, 1.165) is 0 Å². The highest BCUT2D eigenvalue weighted by Crippen LogP contribution is 2.21. The summed E-state index contributed by atoms with van der Waals surface area (Å²) in [7, 11) is -0.283. The quantitative estimate of drug-likeness (QED) is 0.420. The number of hydrogen-bond donors (Lipinski definition) is 0. The predicted molar refractivity (Wildman–Crippen MR) is 38.8 cm³/mol. The topological polar surface area (TPSA) is 0 Å². The van der Waals surface area contributed by atoms with Gasteiger partial charge in [-0.2, -0.15) is 0 Å². The number of alkyl halides is 2. The van der Waals surface area contributed by atoms with Crippen molar-refractivity contribution < 1.29 is 0 Å². The molecule has 7 heavy (non-hydrogen) atoms. The molecule has 0 aliphatic carbocycles. The third-order valence-electron chi connectivity index (χ3n) is 0.894. The molecule has 0 bridgehead atoms. The SMILES string of the molecule is C[CH]C(Cl)(Cl)[SiH2]C. The van der Waals surface area contributed by atoms with Crippen molar-refractivity contribution in [3.05, 3.63) is 6.42 Å². The van der Waals surface area contributed by atoms with Crippen molar-refractivity contribution in [1.82, 2.24) is 0 Å². The molecule has 0 aromatic heterocycles. The maximum atomic E-state index is 5.68. The van der Waals surface area contributed by atoms with Gasteiger partial charge in [0.15, 0.2) is 0 Å². The highest BCUT2D eigenvalue weighted by molar-refractivity contribution is 6.73. The lowest BCUT2D eigenvalue weighted by Gasteiger charge is -2.11. The average molecular weight is 156 g/mol. The summed E-state index contributed by atoms with van der Waals surface area (Å²) in [6.07, 6.45) is 1.84. The maximum absolute atomic E-state index is 5.68. The zero-order valence-corrected chi connectivity index (χ0v) is 7.47. The molecule has 0 unspecified atom stereocenters. The zero-order chi connectivity index (χ0) is 5.91. The summed E-state index contributed by atoms with van der Waals surface area (Å²) in [5, 5.41) is 0. The molecule has 0 nitrogen and oxygen atoms in total. The van der Waals surface area contributed by atoms with Gasteiger partial charge in [-0.3, -0.25) is 0 Å². The lowest BCUT2D eigenvalue weighted by atomic mass is 10.6. The van der Waals surface area contributed by atoms with Crippen LogP contribution in [0.3, 0.4) is 0 Å². The second kappa shape index (κ2) is 2.95. The van der Waals surface area contributed by atoms with E-state index in [9.17, 15) is 0 Å². The van der Waals surface area contributed by atoms with Crippen molar-refractivity contribution in [2.75, 3.05) is 0 Å². The van der Waals surface area contributed by atoms with Crippen molar-refractivity contribution in [2.24, 2.45) is 0 Å². The van der Waals surface area contributed by atoms with E-state index in [-0.39, 0.29) is 9.52 Å². The standard InChI is InChI=1S/C4H9Cl2Si/c1-3-4(5,6)7-2/h3H,7H2,1-2H3. The van der Waals surface area contributed by atoms with Crippen LogP contribution in [-0.4, -0.2) is 13.5 Å². The first-order valence-electron chi connectivity index (χ1n) is 2.30. The molecule has 0 atom stereocenters. The molecule has 43 valence electrons. The molecule has 0 rings (SSSR count). The third-order valence-corrected chi connectivity index (χ3v) is 4.28. The minimum absolute atomic E-state index is 0.283. The van der Waals surface area contributed by atoms with Gasteiger partial charge in [0, 0.05) is 0 Å². The first-order chi connectivity index (χ1) is 3.12. The molecule has 0 heterocycles. The van der Waals surface area contributed by atoms with Crippen LogP contribution in [0.2, 0.25) is 6.55 Å². The van der Waals surface area contributed by atoms with E-state index >= 15 is 0 Å². The summed E-state index contributed by atoms with van der Waals surface area (Å²) >= 11 is 11.4. The van der Waals surface area contributed by atoms with Crippen LogP contribution >= 0.6 is 23.2 Å². The number of rotatable bonds is 2. The Balaban J connectivity index is 3.36. The Labute approximate surface area is 57.0 Å². The third kappa shape index (κ3) is 3.39. The van der Waals surface area contributed by atoms with Crippen molar-refractivity contribution in [3.63, 3.8) is 0 Å². The summed E-state index contributed by atoms with van der Waals surface area (Å²) in [6.45, 7) is 3.97. The summed E-state index contributed by atoms with van der Waals surface area (Å²) < 4.78 is -0.458. The van der Waals surface area contributed by atoms with Crippen molar-refractivity contribution in [1.29, 1.82) is 0 Å². The molecule has 0 amide bonds. The summed E-state index contributed by atoms with van der Waals surface area (Å²) in [5.74, 6) is 0. The minimum Gasteiger partial charge on any atom is -0.106 e. The van der Waals surface area contributed by atoms with Gasteiger partial charge in [-0.1, -0.05) is 13.5 Å². The van der Waals surface area contributed by atoms with Crippen LogP contribution in [0.5, 0.6) is 0 Å². The molecule has 0 saturated heterocycles. The predicted octanol–water partition coefficient (Wildman–Crippen LogP) is 1.56. The van der Waals surface area contributed by atoms with Gasteiger partial charge in [0.1, 0.15) is 3.96 Å². The van der Waals surface area contributed by atoms with E-state index in [1.807, 2.05) is 13.3 Å². The molecule has 0 aromatic rings. The minimum atomic E-state index is -0.458. The number of halogens is 2. The van der Waals surface area contributed by atoms with E-state index in [4.69, 9.17) is 23.2 Å². The first kappa shape index (κ1) is 7.80. The Hall–Kier alpha value is 0.797. The molecular formula is C4H9Cl2Si. The van der Waals surface area contributed by atoms with Crippen LogP contribution in [0.4, 0.5) is 0 Å². The van der Waals surface area contributed by atoms with Crippen molar-refractivity contribution >= 4 is 32.7 Å². The van der Waals surface area contributed by atoms with Crippen LogP contribution in [0.25, 0.3) is 0 Å². The lowest BCUT2D eigenvalue weighted by molar-refractivity contribution is 1.23. The molecule has 0 fully saturated rings. The zero-order valence-electron chi connectivity index (χ0n) is 4.54. The Morgan fingerprint density at radius 3 is 2.00 bits per heavy atom. The van der Waals surface area contributed by atoms with Gasteiger partial charge in [-0.15, -0.1) is 23.2 Å². The average Bonchev–Trinajstić information content (AvgIpc) is 1.68. The molecule has 3 heteroatoms. The van der Waals surface area contributed by atoms with Gasteiger partial charge >= 0.3 is 0 Å². The van der Waals surface area contributed by atoms with Crippen LogP contribution in [0.15, 0.2) is 0 Å². The second-order valence-corrected chi connectivity index (χ2v) is 5.66. The summed E-state index contributed by atoms with van der Waals surface area (Å²) in [5.41, 5.74) is 0. The summed E-state index contributed by atoms with van der Waals surface area (Å²) in [6, 6.07) is 0. The van der Waals surface area contributed by atoms with E-state index in [2.05, 4.69) is 6.55 Å². The Kier molecular flexibility index (Phi) is 3.29. The van der Waals surface area contributed by atoms with E-state index in [1.165, 1.54) is 0 Å². The molecule has 1 radical (unpaired) electrons. The molecular weight excluding hydrogens is 147 g/mol. The van der Waals surface area contributed by atoms with E-state index < -0.39 is 3.96 Å². The van der Waals surface area contributed by atoms with Gasteiger partial charge in [0.05, 0.1) is 9.52 Å². The van der Waals surface area contributed by atoms with E-state index in [1.54, 1.807) is 0 Å². The maximum Gasteiger partial charge on any atom is 0.103 e. The first-order valence-corrected chi connectivity index (χ1v) is 5.18. The molecule has 0 aromatic carbocycles. The van der Waals surface area contributed by atoms with Crippen LogP contribution in [-0.2, 0) is 0 Å². The Morgan fingerprint density at radius 1 is 1.57 bits per heavy atom. The van der Waals surface area contributed by atoms with Crippen molar-refractivity contribution in [3.8, 4) is 0 Å². The van der Waals surface area contributed by atoms with Gasteiger partial charge in [0.2, 0.25) is 0 Å². The van der Waals surface area contributed by atoms with Gasteiger partial charge in [-0.25, -0.2) is 0 Å². The second-order valence-electron chi connectivity index (χ2n) is 1.40. The van der Waals surface area contributed by atoms with Gasteiger partial charge in [-0.05, 0) is 6.42 Å². The highest BCUT2D eigenvalue weighted by Gasteiger charge is 2.17. The fourth-order valence-corrected chi connectivity index (χ4v) is 0.612. The van der Waals surface area contributed by atoms with Gasteiger partial charge in [0.25, 0.3) is 0 Å². The normalized spacial score (nSPS) is 13.7. The fraction of sp³-hybridized carbons (Fsp3) is 0.750. The van der Waals surface area contributed by atoms with Crippen LogP contribution < -0.4 is 0 Å². The van der Waals surface area contributed by atoms with Crippen LogP contribution in [0.1, 0.15) is 6.92 Å². The smallest absolute Gasteiger partial charge is 0.103 e. The highest BCUT2D eigenvalue weighted by atomic mass is 35.5. The lowest BCUT2D eigenvalue weighted by Crippen LogP contribution is -2.18. The van der Waals surface area contributed by atoms with Gasteiger partial charge < -0.3 is 0 Å². The summed E-state index contributed by atoms with van der Waals surface area (Å²) in [4.78, 5) is 0. The molecule has 0 spiro atoms. The van der Waals surface area contributed by atoms with Crippen LogP contribution in [0, 0.1) is 6.42 Å². The fourth-order valence-electron chi connectivity index (χ4n) is 0.204. The van der Waals surface area contributed by atoms with Crippen molar-refractivity contribution in [2.45, 2.75) is 17.4 Å². The molecule has 0 saturated carbocycles. The Bertz CT molecular complexity index is 47.7. The largest absolute Gasteiger partial charge is 0.106 e. The number of hydrogen-bond acceptors (Lipinski definition) is 0. The monoisotopic (exact) mass is 155 g/mol. The van der Waals surface area contributed by atoms with E-state index in [0.29, 0.717) is 0 Å². The molecule has 0 aliphatic rings. The molecule has 0 aliphatic heterocycles. The molecule has 0 N–H and O–H groups in total.